The van der Waals surface area contributed by atoms with Crippen LogP contribution >= 0.6 is 0 Å². The first-order chi connectivity index (χ1) is 41.1. The number of esters is 1. The first-order valence-electron chi connectivity index (χ1n) is 28.5. The number of nitrogens with zero attached hydrogens (tertiary/aromatic N) is 4. The third-order valence-electron chi connectivity index (χ3n) is 14.8. The summed E-state index contributed by atoms with van der Waals surface area (Å²) in [4.78, 5) is 54.0. The topological polar surface area (TPSA) is 178 Å². The number of aromatic amines is 4. The summed E-state index contributed by atoms with van der Waals surface area (Å²) in [7, 11) is 0. The van der Waals surface area contributed by atoms with Crippen LogP contribution in [0.25, 0.3) is 114 Å². The van der Waals surface area contributed by atoms with Crippen LogP contribution in [-0.4, -0.2) is 63.5 Å². The van der Waals surface area contributed by atoms with Crippen LogP contribution in [0.3, 0.4) is 0 Å². The van der Waals surface area contributed by atoms with E-state index in [0.29, 0.717) is 25.9 Å². The number of H-pyrrole nitrogens is 4. The molecule has 0 saturated heterocycles. The molecule has 0 radical (unpaired) electrons. The summed E-state index contributed by atoms with van der Waals surface area (Å²) in [5, 5.41) is 12.9. The van der Waals surface area contributed by atoms with Gasteiger partial charge >= 0.3 is 11.9 Å². The second kappa shape index (κ2) is 28.6. The van der Waals surface area contributed by atoms with Gasteiger partial charge in [0.15, 0.2) is 0 Å². The van der Waals surface area contributed by atoms with Crippen LogP contribution in [0.2, 0.25) is 0 Å². The van der Waals surface area contributed by atoms with Gasteiger partial charge in [-0.3, -0.25) is 9.59 Å². The molecule has 0 amide bonds. The summed E-state index contributed by atoms with van der Waals surface area (Å²) in [6.07, 6.45) is 19.1. The van der Waals surface area contributed by atoms with Gasteiger partial charge in [0.2, 0.25) is 0 Å². The van der Waals surface area contributed by atoms with Gasteiger partial charge in [-0.1, -0.05) is 98.8 Å². The molecule has 0 fully saturated rings. The molecule has 14 rings (SSSR count). The Bertz CT molecular complexity index is 4110. The maximum atomic E-state index is 12.4. The second-order valence-corrected chi connectivity index (χ2v) is 20.7. The molecule has 4 aliphatic rings. The predicted molar refractivity (Wildman–Crippen MR) is 345 cm³/mol. The van der Waals surface area contributed by atoms with Crippen molar-refractivity contribution in [3.63, 3.8) is 0 Å². The summed E-state index contributed by atoms with van der Waals surface area (Å²) >= 11 is 0. The van der Waals surface area contributed by atoms with Gasteiger partial charge < -0.3 is 29.8 Å². The zero-order chi connectivity index (χ0) is 57.8. The zero-order valence-corrected chi connectivity index (χ0v) is 54.5. The molecule has 10 heterocycles. The Morgan fingerprint density at radius 3 is 1.02 bits per heavy atom. The molecule has 0 spiro atoms. The fourth-order valence-corrected chi connectivity index (χ4v) is 10.9. The third kappa shape index (κ3) is 15.2. The Morgan fingerprint density at radius 1 is 0.407 bits per heavy atom. The standard InChI is InChI=1S/C28H28O2.2C20H14N4.C4H8O2.2Zn/c1-3-28(20-19-27(29)30-4-2,25-17-9-13-21-11-5-7-15-23(21)25)26-18-10-14-22-12-6-8-16-24(22)26;2*1-2-14-10-16-5-6-18(23-16)12-20-8-7-19(24-20)11-17-4-3-15(22-17)9-13(1)21-14;1-2-3-4(5)6;;/h5-18H,3-4,19-20H2,1-2H3;2*1-12,21-22H;2-3H2,1H3,(H,5,6);;. The first-order valence-corrected chi connectivity index (χ1v) is 28.5. The fraction of sp³-hybridized carbons (Fsp3) is 0.139. The summed E-state index contributed by atoms with van der Waals surface area (Å²) in [6.45, 7) is 6.35. The van der Waals surface area contributed by atoms with Crippen LogP contribution in [0.1, 0.15) is 110 Å². The van der Waals surface area contributed by atoms with E-state index in [4.69, 9.17) is 9.84 Å². The van der Waals surface area contributed by atoms with Crippen molar-refractivity contribution in [3.05, 3.63) is 239 Å². The van der Waals surface area contributed by atoms with Crippen LogP contribution in [0, 0.1) is 0 Å². The maximum absolute atomic E-state index is 12.4. The molecule has 4 aromatic carbocycles. The van der Waals surface area contributed by atoms with Gasteiger partial charge in [0.05, 0.1) is 52.2 Å². The molecule has 16 bridgehead atoms. The summed E-state index contributed by atoms with van der Waals surface area (Å²) in [6, 6.07) is 62.9. The van der Waals surface area contributed by atoms with Gasteiger partial charge in [0.25, 0.3) is 0 Å². The number of carboxylic acid groups (broad SMARTS) is 1. The maximum Gasteiger partial charge on any atom is 0.305 e. The number of aliphatic carboxylic acids is 1. The van der Waals surface area contributed by atoms with Gasteiger partial charge in [0.1, 0.15) is 0 Å². The quantitative estimate of drug-likeness (QED) is 0.0700. The minimum Gasteiger partial charge on any atom is -0.481 e. The predicted octanol–water partition coefficient (Wildman–Crippen LogP) is 17.2. The molecule has 420 valence electrons. The van der Waals surface area contributed by atoms with Crippen LogP contribution in [0.4, 0.5) is 0 Å². The molecular weight excluding hydrogens is 1170 g/mol. The number of benzene rings is 4. The van der Waals surface area contributed by atoms with Gasteiger partial charge in [-0.25, -0.2) is 19.9 Å². The van der Waals surface area contributed by atoms with Crippen molar-refractivity contribution in [2.24, 2.45) is 0 Å². The molecule has 14 heteroatoms. The van der Waals surface area contributed by atoms with Crippen molar-refractivity contribution < 1.29 is 58.4 Å². The molecule has 86 heavy (non-hydrogen) atoms. The molecule has 0 atom stereocenters. The molecule has 0 aliphatic carbocycles. The molecule has 5 N–H and O–H groups in total. The number of nitrogens with one attached hydrogen (secondary N) is 4. The number of carbonyl (C=O) groups is 2. The van der Waals surface area contributed by atoms with Gasteiger partial charge in [0, 0.05) is 101 Å². The SMILES string of the molecule is C1=Cc2cc3ccc(cc4ccc(cc5nc(cc1n2)C=C5)[nH]4)[nH]3.C1=Cc2cc3ccc(cc4ccc(cc5nc(cc1n2)C=C5)[nH]4)[nH]3.CCCC(=O)O.CCOC(=O)CCC(CC)(c1cccc2ccccc12)c1cccc2ccccc12.[Zn].[Zn]. The number of carboxylic acids is 1. The third-order valence-corrected chi connectivity index (χ3v) is 14.8. The molecule has 0 saturated carbocycles. The largest absolute Gasteiger partial charge is 0.481 e. The number of ether oxygens (including phenoxy) is 1. The molecular formula is C72H64N8O4Zn2. The van der Waals surface area contributed by atoms with E-state index in [1.54, 1.807) is 0 Å². The molecule has 6 aromatic heterocycles. The van der Waals surface area contributed by atoms with Crippen molar-refractivity contribution in [3.8, 4) is 0 Å². The Labute approximate surface area is 524 Å². The minimum absolute atomic E-state index is 0. The van der Waals surface area contributed by atoms with Gasteiger partial charge in [-0.05, 0) is 205 Å². The van der Waals surface area contributed by atoms with E-state index in [9.17, 15) is 9.59 Å². The van der Waals surface area contributed by atoms with E-state index in [2.05, 4.69) is 192 Å². The van der Waals surface area contributed by atoms with Gasteiger partial charge in [-0.15, -0.1) is 0 Å². The minimum atomic E-state index is -0.711. The molecule has 4 aliphatic heterocycles. The van der Waals surface area contributed by atoms with E-state index in [1.165, 1.54) is 32.7 Å². The number of fused-ring (bicyclic) bond motifs is 18. The zero-order valence-electron chi connectivity index (χ0n) is 48.6. The second-order valence-electron chi connectivity index (χ2n) is 20.7. The Hall–Kier alpha value is -9.21. The van der Waals surface area contributed by atoms with Crippen LogP contribution in [-0.2, 0) is 58.7 Å². The smallest absolute Gasteiger partial charge is 0.305 e. The van der Waals surface area contributed by atoms with E-state index >= 15 is 0 Å². The van der Waals surface area contributed by atoms with Crippen molar-refractivity contribution in [1.29, 1.82) is 0 Å². The van der Waals surface area contributed by atoms with Crippen LogP contribution in [0.5, 0.6) is 0 Å². The van der Waals surface area contributed by atoms with E-state index < -0.39 is 5.97 Å². The number of hydrogen-bond donors (Lipinski definition) is 5. The Morgan fingerprint density at radius 2 is 0.721 bits per heavy atom. The van der Waals surface area contributed by atoms with Crippen molar-refractivity contribution in [2.75, 3.05) is 6.61 Å². The summed E-state index contributed by atoms with van der Waals surface area (Å²) < 4.78 is 5.29. The number of hydrogen-bond acceptors (Lipinski definition) is 7. The van der Waals surface area contributed by atoms with Crippen molar-refractivity contribution in [1.82, 2.24) is 39.9 Å². The first kappa shape index (κ1) is 61.4. The van der Waals surface area contributed by atoms with Crippen LogP contribution < -0.4 is 0 Å². The normalized spacial score (nSPS) is 11.7. The Balaban J connectivity index is 0.000000146. The van der Waals surface area contributed by atoms with E-state index in [0.717, 1.165) is 103 Å². The average Bonchev–Trinajstić information content (AvgIpc) is 1.20. The molecule has 10 aromatic rings. The number of carbonyl (C=O) groups excluding carboxylic acids is 1. The van der Waals surface area contributed by atoms with E-state index in [1.807, 2.05) is 98.9 Å². The van der Waals surface area contributed by atoms with Gasteiger partial charge in [-0.2, -0.15) is 0 Å². The van der Waals surface area contributed by atoms with Crippen molar-refractivity contribution >= 4 is 126 Å². The van der Waals surface area contributed by atoms with Crippen molar-refractivity contribution in [2.45, 2.75) is 58.3 Å². The van der Waals surface area contributed by atoms with Crippen LogP contribution in [0.15, 0.2) is 182 Å². The number of rotatable bonds is 9. The Kier molecular flexibility index (Phi) is 20.4. The summed E-state index contributed by atoms with van der Waals surface area (Å²) in [5.41, 5.74) is 18.0. The van der Waals surface area contributed by atoms with E-state index in [-0.39, 0.29) is 50.3 Å². The number of aromatic nitrogens is 8. The monoisotopic (exact) mass is 1230 g/mol. The summed E-state index contributed by atoms with van der Waals surface area (Å²) in [5.74, 6) is -0.840. The molecule has 12 nitrogen and oxygen atoms in total. The molecule has 0 unspecified atom stereocenters. The fourth-order valence-electron chi connectivity index (χ4n) is 10.9. The average molecular weight is 1240 g/mol.